The van der Waals surface area contributed by atoms with Crippen molar-refractivity contribution in [3.63, 3.8) is 0 Å². The van der Waals surface area contributed by atoms with Crippen LogP contribution in [-0.2, 0) is 9.59 Å². The zero-order chi connectivity index (χ0) is 9.94. The summed E-state index contributed by atoms with van der Waals surface area (Å²) < 4.78 is 0. The van der Waals surface area contributed by atoms with Crippen LogP contribution in [0.15, 0.2) is 0 Å². The number of carbonyl (C=O) groups is 1. The largest absolute Gasteiger partial charge is 0.356 e. The molecule has 0 fully saturated rings. The van der Waals surface area contributed by atoms with Gasteiger partial charge >= 0.3 is 0 Å². The second kappa shape index (κ2) is 9.58. The predicted octanol–water partition coefficient (Wildman–Crippen LogP) is 1.09. The molecule has 0 spiro atoms. The van der Waals surface area contributed by atoms with Crippen molar-refractivity contribution in [1.29, 1.82) is 0 Å². The summed E-state index contributed by atoms with van der Waals surface area (Å²) in [6, 6.07) is 0. The average molecular weight is 202 g/mol. The zero-order valence-electron chi connectivity index (χ0n) is 7.71. The van der Waals surface area contributed by atoms with Crippen molar-refractivity contribution in [2.75, 3.05) is 12.3 Å². The SMILES string of the molecule is O=[C]CCCCCNC(=O)CCS. The third-order valence-corrected chi connectivity index (χ3v) is 1.84. The van der Waals surface area contributed by atoms with Crippen LogP contribution < -0.4 is 5.32 Å². The summed E-state index contributed by atoms with van der Waals surface area (Å²) >= 11 is 3.95. The van der Waals surface area contributed by atoms with Crippen molar-refractivity contribution >= 4 is 24.8 Å². The molecule has 0 bridgehead atoms. The third kappa shape index (κ3) is 9.40. The molecule has 1 N–H and O–H groups in total. The Bertz CT molecular complexity index is 151. The molecule has 0 aliphatic heterocycles. The molecule has 0 aromatic heterocycles. The van der Waals surface area contributed by atoms with Crippen molar-refractivity contribution in [2.45, 2.75) is 32.1 Å². The minimum atomic E-state index is 0.0527. The van der Waals surface area contributed by atoms with E-state index in [4.69, 9.17) is 0 Å². The Hall–Kier alpha value is -0.510. The van der Waals surface area contributed by atoms with Gasteiger partial charge in [0.2, 0.25) is 5.91 Å². The Labute approximate surface area is 84.7 Å². The molecular formula is C9H16NO2S. The number of hydrogen-bond acceptors (Lipinski definition) is 3. The van der Waals surface area contributed by atoms with E-state index in [-0.39, 0.29) is 5.91 Å². The average Bonchev–Trinajstić information content (AvgIpc) is 2.11. The standard InChI is InChI=1S/C9H16NO2S/c11-7-4-2-1-3-6-10-9(12)5-8-13/h13H,1-6,8H2,(H,10,12). The van der Waals surface area contributed by atoms with Crippen LogP contribution in [0.3, 0.4) is 0 Å². The van der Waals surface area contributed by atoms with Crippen LogP contribution in [0.1, 0.15) is 32.1 Å². The normalized spacial score (nSPS) is 9.62. The fourth-order valence-electron chi connectivity index (χ4n) is 0.917. The van der Waals surface area contributed by atoms with Gasteiger partial charge in [0.15, 0.2) is 6.29 Å². The Balaban J connectivity index is 3.06. The van der Waals surface area contributed by atoms with Crippen molar-refractivity contribution < 1.29 is 9.59 Å². The van der Waals surface area contributed by atoms with E-state index in [1.807, 2.05) is 6.29 Å². The zero-order valence-corrected chi connectivity index (χ0v) is 8.61. The van der Waals surface area contributed by atoms with Crippen LogP contribution in [0.2, 0.25) is 0 Å². The van der Waals surface area contributed by atoms with Crippen LogP contribution in [0.5, 0.6) is 0 Å². The fourth-order valence-corrected chi connectivity index (χ4v) is 1.12. The van der Waals surface area contributed by atoms with Gasteiger partial charge < -0.3 is 5.32 Å². The Morgan fingerprint density at radius 2 is 2.08 bits per heavy atom. The summed E-state index contributed by atoms with van der Waals surface area (Å²) in [6.45, 7) is 0.700. The molecule has 0 atom stereocenters. The highest BCUT2D eigenvalue weighted by atomic mass is 32.1. The number of nitrogens with one attached hydrogen (secondary N) is 1. The van der Waals surface area contributed by atoms with Gasteiger partial charge in [-0.05, 0) is 18.6 Å². The first-order valence-corrected chi connectivity index (χ1v) is 5.17. The summed E-state index contributed by atoms with van der Waals surface area (Å²) in [4.78, 5) is 20.7. The lowest BCUT2D eigenvalue weighted by atomic mass is 10.2. The van der Waals surface area contributed by atoms with Gasteiger partial charge in [0.1, 0.15) is 0 Å². The fraction of sp³-hybridized carbons (Fsp3) is 0.778. The molecule has 0 aliphatic rings. The van der Waals surface area contributed by atoms with E-state index in [9.17, 15) is 9.59 Å². The van der Waals surface area contributed by atoms with E-state index < -0.39 is 0 Å². The van der Waals surface area contributed by atoms with Crippen LogP contribution in [0.4, 0.5) is 0 Å². The lowest BCUT2D eigenvalue weighted by molar-refractivity contribution is -0.120. The first-order chi connectivity index (χ1) is 6.31. The predicted molar refractivity (Wildman–Crippen MR) is 55.6 cm³/mol. The van der Waals surface area contributed by atoms with Crippen molar-refractivity contribution in [3.8, 4) is 0 Å². The summed E-state index contributed by atoms with van der Waals surface area (Å²) in [5.74, 6) is 0.642. The molecule has 0 unspecified atom stereocenters. The molecule has 0 saturated heterocycles. The molecule has 1 radical (unpaired) electrons. The molecule has 0 aromatic rings. The molecule has 3 nitrogen and oxygen atoms in total. The van der Waals surface area contributed by atoms with Crippen molar-refractivity contribution in [1.82, 2.24) is 5.32 Å². The number of amides is 1. The van der Waals surface area contributed by atoms with Gasteiger partial charge in [0.05, 0.1) is 0 Å². The maximum Gasteiger partial charge on any atom is 0.220 e. The lowest BCUT2D eigenvalue weighted by Gasteiger charge is -2.02. The molecular weight excluding hydrogens is 186 g/mol. The monoisotopic (exact) mass is 202 g/mol. The minimum absolute atomic E-state index is 0.0527. The highest BCUT2D eigenvalue weighted by Gasteiger charge is 1.97. The minimum Gasteiger partial charge on any atom is -0.356 e. The number of hydrogen-bond donors (Lipinski definition) is 2. The van der Waals surface area contributed by atoms with Gasteiger partial charge in [0, 0.05) is 19.4 Å². The summed E-state index contributed by atoms with van der Waals surface area (Å²) in [6.07, 6.45) is 5.59. The molecule has 0 aliphatic carbocycles. The smallest absolute Gasteiger partial charge is 0.220 e. The first kappa shape index (κ1) is 12.5. The topological polar surface area (TPSA) is 46.2 Å². The van der Waals surface area contributed by atoms with Crippen LogP contribution in [0.25, 0.3) is 0 Å². The first-order valence-electron chi connectivity index (χ1n) is 4.54. The van der Waals surface area contributed by atoms with Gasteiger partial charge in [-0.15, -0.1) is 0 Å². The van der Waals surface area contributed by atoms with E-state index in [0.717, 1.165) is 19.3 Å². The molecule has 13 heavy (non-hydrogen) atoms. The molecule has 0 rings (SSSR count). The molecule has 75 valence electrons. The number of carbonyl (C=O) groups excluding carboxylic acids is 2. The summed E-state index contributed by atoms with van der Waals surface area (Å²) in [7, 11) is 0. The second-order valence-electron chi connectivity index (χ2n) is 2.78. The third-order valence-electron chi connectivity index (χ3n) is 1.62. The van der Waals surface area contributed by atoms with Crippen LogP contribution in [-0.4, -0.2) is 24.5 Å². The van der Waals surface area contributed by atoms with E-state index in [1.54, 1.807) is 0 Å². The maximum atomic E-state index is 10.9. The Morgan fingerprint density at radius 3 is 2.69 bits per heavy atom. The molecule has 0 heterocycles. The van der Waals surface area contributed by atoms with Gasteiger partial charge in [-0.2, -0.15) is 12.6 Å². The molecule has 0 aromatic carbocycles. The lowest BCUT2D eigenvalue weighted by Crippen LogP contribution is -2.24. The van der Waals surface area contributed by atoms with Gasteiger partial charge in [-0.1, -0.05) is 6.42 Å². The van der Waals surface area contributed by atoms with E-state index in [1.165, 1.54) is 0 Å². The van der Waals surface area contributed by atoms with Crippen LogP contribution in [0, 0.1) is 0 Å². The van der Waals surface area contributed by atoms with Gasteiger partial charge in [0.25, 0.3) is 0 Å². The number of thiol groups is 1. The van der Waals surface area contributed by atoms with E-state index in [2.05, 4.69) is 17.9 Å². The van der Waals surface area contributed by atoms with Crippen molar-refractivity contribution in [3.05, 3.63) is 0 Å². The number of rotatable bonds is 8. The number of unbranched alkanes of at least 4 members (excludes halogenated alkanes) is 3. The maximum absolute atomic E-state index is 10.9. The van der Waals surface area contributed by atoms with Crippen molar-refractivity contribution in [2.24, 2.45) is 0 Å². The quantitative estimate of drug-likeness (QED) is 0.457. The Kier molecular flexibility index (Phi) is 9.20. The van der Waals surface area contributed by atoms with Gasteiger partial charge in [-0.3, -0.25) is 9.59 Å². The highest BCUT2D eigenvalue weighted by Crippen LogP contribution is 1.96. The molecule has 4 heteroatoms. The van der Waals surface area contributed by atoms with Gasteiger partial charge in [-0.25, -0.2) is 0 Å². The molecule has 1 amide bonds. The highest BCUT2D eigenvalue weighted by molar-refractivity contribution is 7.80. The Morgan fingerprint density at radius 1 is 1.31 bits per heavy atom. The molecule has 0 saturated carbocycles. The summed E-state index contributed by atoms with van der Waals surface area (Å²) in [5, 5.41) is 2.77. The van der Waals surface area contributed by atoms with E-state index >= 15 is 0 Å². The second-order valence-corrected chi connectivity index (χ2v) is 3.23. The summed E-state index contributed by atoms with van der Waals surface area (Å²) in [5.41, 5.74) is 0. The van der Waals surface area contributed by atoms with E-state index in [0.29, 0.717) is 25.1 Å². The van der Waals surface area contributed by atoms with Crippen LogP contribution >= 0.6 is 12.6 Å².